The zero-order valence-corrected chi connectivity index (χ0v) is 19.3. The van der Waals surface area contributed by atoms with Gasteiger partial charge in [-0.1, -0.05) is 43.0 Å². The van der Waals surface area contributed by atoms with E-state index >= 15 is 0 Å². The summed E-state index contributed by atoms with van der Waals surface area (Å²) in [6.45, 7) is 7.63. The van der Waals surface area contributed by atoms with E-state index in [1.54, 1.807) is 11.8 Å². The zero-order valence-electron chi connectivity index (χ0n) is 19.3. The van der Waals surface area contributed by atoms with E-state index in [0.717, 1.165) is 59.5 Å². The van der Waals surface area contributed by atoms with E-state index in [9.17, 15) is 4.79 Å². The van der Waals surface area contributed by atoms with Crippen LogP contribution in [0.3, 0.4) is 0 Å². The van der Waals surface area contributed by atoms with Gasteiger partial charge in [0.05, 0.1) is 18.8 Å². The molecule has 1 amide bonds. The van der Waals surface area contributed by atoms with Gasteiger partial charge in [-0.25, -0.2) is 0 Å². The Morgan fingerprint density at radius 3 is 2.70 bits per heavy atom. The average Bonchev–Trinajstić information content (AvgIpc) is 3.17. The highest BCUT2D eigenvalue weighted by Crippen LogP contribution is 2.42. The molecule has 3 aromatic rings. The predicted molar refractivity (Wildman–Crippen MR) is 133 cm³/mol. The Morgan fingerprint density at radius 2 is 1.94 bits per heavy atom. The van der Waals surface area contributed by atoms with E-state index in [-0.39, 0.29) is 12.2 Å². The minimum Gasteiger partial charge on any atom is -0.353 e. The Kier molecular flexibility index (Phi) is 5.92. The summed E-state index contributed by atoms with van der Waals surface area (Å²) in [6.07, 6.45) is 2.92. The highest BCUT2D eigenvalue weighted by molar-refractivity contribution is 6.08. The second kappa shape index (κ2) is 9.00. The lowest BCUT2D eigenvalue weighted by Gasteiger charge is -2.33. The van der Waals surface area contributed by atoms with Gasteiger partial charge in [0.15, 0.2) is 6.29 Å². The number of para-hydroxylation sites is 2. The van der Waals surface area contributed by atoms with E-state index in [2.05, 4.69) is 54.6 Å². The van der Waals surface area contributed by atoms with Gasteiger partial charge in [-0.15, -0.1) is 0 Å². The van der Waals surface area contributed by atoms with Crippen LogP contribution in [0.15, 0.2) is 66.7 Å². The highest BCUT2D eigenvalue weighted by Gasteiger charge is 2.29. The molecular weight excluding hydrogens is 412 g/mol. The molecule has 0 saturated carbocycles. The summed E-state index contributed by atoms with van der Waals surface area (Å²) in [5.74, 6) is 0.0145. The number of carbonyl (C=O) groups excluding carboxylic acids is 1. The molecule has 0 bridgehead atoms. The molecule has 5 rings (SSSR count). The van der Waals surface area contributed by atoms with Crippen LogP contribution >= 0.6 is 0 Å². The molecule has 0 aliphatic carbocycles. The molecule has 170 valence electrons. The SMILES string of the molecule is C=C1CN(C(C)=O)c2ccccc2/C1=C(\COC1CCCCO1)c1cc2ccccc2n1C. The maximum Gasteiger partial charge on any atom is 0.224 e. The molecule has 33 heavy (non-hydrogen) atoms. The van der Waals surface area contributed by atoms with E-state index in [1.165, 1.54) is 10.9 Å². The van der Waals surface area contributed by atoms with Gasteiger partial charge in [-0.05, 0) is 48.6 Å². The fraction of sp³-hybridized carbons (Fsp3) is 0.321. The maximum absolute atomic E-state index is 12.4. The van der Waals surface area contributed by atoms with Gasteiger partial charge >= 0.3 is 0 Å². The third kappa shape index (κ3) is 4.03. The molecule has 1 fully saturated rings. The van der Waals surface area contributed by atoms with Crippen molar-refractivity contribution in [1.82, 2.24) is 4.57 Å². The summed E-state index contributed by atoms with van der Waals surface area (Å²) < 4.78 is 14.4. The molecule has 5 nitrogen and oxygen atoms in total. The molecule has 2 aliphatic rings. The van der Waals surface area contributed by atoms with Gasteiger partial charge in [0.25, 0.3) is 0 Å². The van der Waals surface area contributed by atoms with Gasteiger partial charge < -0.3 is 18.9 Å². The van der Waals surface area contributed by atoms with Crippen molar-refractivity contribution in [3.63, 3.8) is 0 Å². The molecule has 1 atom stereocenters. The van der Waals surface area contributed by atoms with Crippen molar-refractivity contribution in [2.45, 2.75) is 32.5 Å². The monoisotopic (exact) mass is 442 g/mol. The van der Waals surface area contributed by atoms with E-state index in [0.29, 0.717) is 13.2 Å². The van der Waals surface area contributed by atoms with Crippen LogP contribution in [0.1, 0.15) is 37.4 Å². The van der Waals surface area contributed by atoms with Crippen molar-refractivity contribution >= 4 is 33.6 Å². The number of benzene rings is 2. The van der Waals surface area contributed by atoms with Crippen LogP contribution < -0.4 is 4.90 Å². The normalized spacial score (nSPS) is 20.1. The number of carbonyl (C=O) groups is 1. The van der Waals surface area contributed by atoms with Gasteiger partial charge in [-0.2, -0.15) is 0 Å². The first-order valence-electron chi connectivity index (χ1n) is 11.6. The van der Waals surface area contributed by atoms with E-state index in [1.807, 2.05) is 18.2 Å². The van der Waals surface area contributed by atoms with E-state index in [4.69, 9.17) is 9.47 Å². The molecule has 2 aromatic carbocycles. The first kappa shape index (κ1) is 21.7. The largest absolute Gasteiger partial charge is 0.353 e. The lowest BCUT2D eigenvalue weighted by atomic mass is 9.87. The van der Waals surface area contributed by atoms with Crippen molar-refractivity contribution in [3.05, 3.63) is 78.0 Å². The lowest BCUT2D eigenvalue weighted by molar-refractivity contribution is -0.154. The quantitative estimate of drug-likeness (QED) is 0.532. The number of amides is 1. The second-order valence-electron chi connectivity index (χ2n) is 8.83. The van der Waals surface area contributed by atoms with E-state index < -0.39 is 0 Å². The van der Waals surface area contributed by atoms with Crippen molar-refractivity contribution in [2.24, 2.45) is 7.05 Å². The molecule has 0 spiro atoms. The summed E-state index contributed by atoms with van der Waals surface area (Å²) in [4.78, 5) is 14.2. The molecule has 2 aliphatic heterocycles. The number of nitrogens with zero attached hydrogens (tertiary/aromatic N) is 2. The van der Waals surface area contributed by atoms with Crippen LogP contribution in [0, 0.1) is 0 Å². The van der Waals surface area contributed by atoms with Crippen molar-refractivity contribution < 1.29 is 14.3 Å². The molecule has 0 radical (unpaired) electrons. The van der Waals surface area contributed by atoms with Gasteiger partial charge in [-0.3, -0.25) is 4.79 Å². The predicted octanol–water partition coefficient (Wildman–Crippen LogP) is 5.56. The van der Waals surface area contributed by atoms with Crippen LogP contribution in [0.5, 0.6) is 0 Å². The number of anilines is 1. The molecule has 1 aromatic heterocycles. The van der Waals surface area contributed by atoms with Crippen molar-refractivity contribution in [2.75, 3.05) is 24.7 Å². The fourth-order valence-corrected chi connectivity index (χ4v) is 4.99. The van der Waals surface area contributed by atoms with Crippen LogP contribution in [-0.4, -0.2) is 36.5 Å². The zero-order chi connectivity index (χ0) is 22.9. The summed E-state index contributed by atoms with van der Waals surface area (Å²) in [7, 11) is 2.09. The minimum atomic E-state index is -0.190. The summed E-state index contributed by atoms with van der Waals surface area (Å²) in [6, 6.07) is 18.7. The number of ether oxygens (including phenoxy) is 2. The van der Waals surface area contributed by atoms with Crippen LogP contribution in [0.2, 0.25) is 0 Å². The highest BCUT2D eigenvalue weighted by atomic mass is 16.7. The van der Waals surface area contributed by atoms with Gasteiger partial charge in [0.2, 0.25) is 5.91 Å². The van der Waals surface area contributed by atoms with Crippen LogP contribution in [-0.2, 0) is 21.3 Å². The van der Waals surface area contributed by atoms with Crippen LogP contribution in [0.25, 0.3) is 22.0 Å². The number of fused-ring (bicyclic) bond motifs is 2. The number of hydrogen-bond donors (Lipinski definition) is 0. The lowest BCUT2D eigenvalue weighted by Crippen LogP contribution is -2.34. The third-order valence-electron chi connectivity index (χ3n) is 6.66. The maximum atomic E-state index is 12.4. The Morgan fingerprint density at radius 1 is 1.15 bits per heavy atom. The molecule has 3 heterocycles. The Labute approximate surface area is 194 Å². The number of aryl methyl sites for hydroxylation is 1. The Bertz CT molecular complexity index is 1250. The fourth-order valence-electron chi connectivity index (χ4n) is 4.99. The Hall–Kier alpha value is -3.15. The number of hydrogen-bond acceptors (Lipinski definition) is 3. The molecule has 1 unspecified atom stereocenters. The summed E-state index contributed by atoms with van der Waals surface area (Å²) in [5, 5.41) is 1.18. The van der Waals surface area contributed by atoms with Crippen molar-refractivity contribution in [3.8, 4) is 0 Å². The molecule has 0 N–H and O–H groups in total. The number of rotatable bonds is 4. The Balaban J connectivity index is 1.68. The van der Waals surface area contributed by atoms with Gasteiger partial charge in [0, 0.05) is 48.3 Å². The first-order valence-corrected chi connectivity index (χ1v) is 11.6. The number of aromatic nitrogens is 1. The summed E-state index contributed by atoms with van der Waals surface area (Å²) in [5.41, 5.74) is 7.23. The smallest absolute Gasteiger partial charge is 0.224 e. The first-order chi connectivity index (χ1) is 16.0. The van der Waals surface area contributed by atoms with Crippen LogP contribution in [0.4, 0.5) is 5.69 Å². The molecule has 1 saturated heterocycles. The molecule has 5 heteroatoms. The summed E-state index contributed by atoms with van der Waals surface area (Å²) >= 11 is 0. The van der Waals surface area contributed by atoms with Crippen molar-refractivity contribution in [1.29, 1.82) is 0 Å². The molecular formula is C28H30N2O3. The third-order valence-corrected chi connectivity index (χ3v) is 6.66. The van der Waals surface area contributed by atoms with Gasteiger partial charge in [0.1, 0.15) is 0 Å². The standard InChI is InChI=1S/C28H30N2O3/c1-19-17-30(20(2)31)25-13-7-5-11-22(25)28(19)23(18-33-27-14-8-9-15-32-27)26-16-21-10-4-6-12-24(21)29(26)3/h4-7,10-13,16,27H,1,8-9,14-15,17-18H2,2-3H3/b28-23+. The average molecular weight is 443 g/mol. The second-order valence-corrected chi connectivity index (χ2v) is 8.83. The minimum absolute atomic E-state index is 0.0145. The topological polar surface area (TPSA) is 43.7 Å².